The molecule has 5 nitrogen and oxygen atoms in total. The van der Waals surface area contributed by atoms with Gasteiger partial charge in [-0.1, -0.05) is 18.2 Å². The molecule has 0 aromatic heterocycles. The molecule has 1 amide bonds. The fraction of sp³-hybridized carbons (Fsp3) is 0.500. The monoisotopic (exact) mass is 263 g/mol. The summed E-state index contributed by atoms with van der Waals surface area (Å²) in [5.41, 5.74) is 12.5. The van der Waals surface area contributed by atoms with E-state index in [9.17, 15) is 9.90 Å². The van der Waals surface area contributed by atoms with Gasteiger partial charge >= 0.3 is 0 Å². The number of carbonyl (C=O) groups is 1. The van der Waals surface area contributed by atoms with Crippen molar-refractivity contribution < 1.29 is 9.90 Å². The first kappa shape index (κ1) is 13.8. The highest BCUT2D eigenvalue weighted by molar-refractivity contribution is 5.76. The minimum Gasteiger partial charge on any atom is -0.398 e. The van der Waals surface area contributed by atoms with E-state index in [1.807, 2.05) is 18.2 Å². The fourth-order valence-electron chi connectivity index (χ4n) is 2.61. The van der Waals surface area contributed by atoms with E-state index < -0.39 is 6.10 Å². The molecular formula is C14H21N3O2. The number of β-amino-alcohol motifs (C(OH)–C–C–N with tert-alkyl or cyclic N) is 1. The second-order valence-corrected chi connectivity index (χ2v) is 5.15. The van der Waals surface area contributed by atoms with Crippen molar-refractivity contribution in [3.63, 3.8) is 0 Å². The van der Waals surface area contributed by atoms with Gasteiger partial charge in [-0.25, -0.2) is 0 Å². The molecule has 104 valence electrons. The van der Waals surface area contributed by atoms with Crippen LogP contribution >= 0.6 is 0 Å². The van der Waals surface area contributed by atoms with Crippen molar-refractivity contribution in [1.29, 1.82) is 0 Å². The smallest absolute Gasteiger partial charge is 0.221 e. The Bertz CT molecular complexity index is 450. The predicted molar refractivity (Wildman–Crippen MR) is 74.2 cm³/mol. The van der Waals surface area contributed by atoms with Gasteiger partial charge in [0.15, 0.2) is 0 Å². The Morgan fingerprint density at radius 3 is 2.89 bits per heavy atom. The van der Waals surface area contributed by atoms with E-state index in [-0.39, 0.29) is 11.8 Å². The molecule has 1 aliphatic heterocycles. The minimum atomic E-state index is -0.632. The summed E-state index contributed by atoms with van der Waals surface area (Å²) in [5.74, 6) is -0.354. The van der Waals surface area contributed by atoms with Crippen molar-refractivity contribution >= 4 is 11.6 Å². The summed E-state index contributed by atoms with van der Waals surface area (Å²) in [5, 5.41) is 10.2. The molecule has 0 bridgehead atoms. The topological polar surface area (TPSA) is 92.6 Å². The zero-order chi connectivity index (χ0) is 13.8. The zero-order valence-corrected chi connectivity index (χ0v) is 11.0. The molecule has 2 atom stereocenters. The molecule has 1 saturated heterocycles. The summed E-state index contributed by atoms with van der Waals surface area (Å²) in [6, 6.07) is 7.31. The molecule has 5 heteroatoms. The molecule has 5 N–H and O–H groups in total. The average molecular weight is 263 g/mol. The van der Waals surface area contributed by atoms with Gasteiger partial charge < -0.3 is 16.6 Å². The molecule has 19 heavy (non-hydrogen) atoms. The number of benzene rings is 1. The maximum atomic E-state index is 11.2. The summed E-state index contributed by atoms with van der Waals surface area (Å²) in [4.78, 5) is 13.3. The molecule has 0 spiro atoms. The van der Waals surface area contributed by atoms with E-state index in [1.54, 1.807) is 6.07 Å². The highest BCUT2D eigenvalue weighted by Crippen LogP contribution is 2.23. The van der Waals surface area contributed by atoms with Crippen LogP contribution in [0.2, 0.25) is 0 Å². The molecule has 1 aromatic rings. The van der Waals surface area contributed by atoms with Gasteiger partial charge in [0.1, 0.15) is 0 Å². The number of likely N-dealkylation sites (tertiary alicyclic amines) is 1. The number of primary amides is 1. The van der Waals surface area contributed by atoms with E-state index in [0.717, 1.165) is 24.9 Å². The first-order valence-corrected chi connectivity index (χ1v) is 6.62. The lowest BCUT2D eigenvalue weighted by atomic mass is 9.96. The summed E-state index contributed by atoms with van der Waals surface area (Å²) in [7, 11) is 0. The number of hydrogen-bond donors (Lipinski definition) is 3. The number of nitrogens with zero attached hydrogens (tertiary/aromatic N) is 1. The van der Waals surface area contributed by atoms with Gasteiger partial charge in [-0.05, 0) is 25.5 Å². The highest BCUT2D eigenvalue weighted by Gasteiger charge is 2.25. The Balaban J connectivity index is 1.97. The van der Waals surface area contributed by atoms with Gasteiger partial charge in [0, 0.05) is 24.3 Å². The number of rotatable bonds is 4. The SMILES string of the molecule is NC(=O)C1CCCN(CC(O)c2ccccc2N)C1. The van der Waals surface area contributed by atoms with Crippen LogP contribution in [0.4, 0.5) is 5.69 Å². The molecular weight excluding hydrogens is 242 g/mol. The molecule has 2 unspecified atom stereocenters. The van der Waals surface area contributed by atoms with Crippen LogP contribution in [0.15, 0.2) is 24.3 Å². The van der Waals surface area contributed by atoms with Crippen molar-refractivity contribution in [3.8, 4) is 0 Å². The van der Waals surface area contributed by atoms with Crippen LogP contribution in [-0.2, 0) is 4.79 Å². The molecule has 2 rings (SSSR count). The largest absolute Gasteiger partial charge is 0.398 e. The molecule has 0 radical (unpaired) electrons. The van der Waals surface area contributed by atoms with E-state index in [2.05, 4.69) is 4.90 Å². The third-order valence-electron chi connectivity index (χ3n) is 3.69. The van der Waals surface area contributed by atoms with Crippen molar-refractivity contribution in [1.82, 2.24) is 4.90 Å². The van der Waals surface area contributed by atoms with Gasteiger partial charge in [0.05, 0.1) is 12.0 Å². The van der Waals surface area contributed by atoms with E-state index in [1.165, 1.54) is 0 Å². The first-order valence-electron chi connectivity index (χ1n) is 6.62. The molecule has 1 aliphatic rings. The van der Waals surface area contributed by atoms with Crippen molar-refractivity contribution in [3.05, 3.63) is 29.8 Å². The van der Waals surface area contributed by atoms with Gasteiger partial charge in [0.2, 0.25) is 5.91 Å². The van der Waals surface area contributed by atoms with Crippen LogP contribution in [0.25, 0.3) is 0 Å². The van der Waals surface area contributed by atoms with Crippen LogP contribution in [0, 0.1) is 5.92 Å². The molecule has 1 fully saturated rings. The lowest BCUT2D eigenvalue weighted by Crippen LogP contribution is -2.42. The van der Waals surface area contributed by atoms with E-state index >= 15 is 0 Å². The van der Waals surface area contributed by atoms with Gasteiger partial charge in [0.25, 0.3) is 0 Å². The fourth-order valence-corrected chi connectivity index (χ4v) is 2.61. The number of piperidine rings is 1. The number of hydrogen-bond acceptors (Lipinski definition) is 4. The van der Waals surface area contributed by atoms with Gasteiger partial charge in [-0.15, -0.1) is 0 Å². The number of para-hydroxylation sites is 1. The van der Waals surface area contributed by atoms with Crippen LogP contribution in [0.3, 0.4) is 0 Å². The summed E-state index contributed by atoms with van der Waals surface area (Å²) < 4.78 is 0. The summed E-state index contributed by atoms with van der Waals surface area (Å²) in [6.07, 6.45) is 1.15. The Hall–Kier alpha value is -1.59. The average Bonchev–Trinajstić information content (AvgIpc) is 2.39. The summed E-state index contributed by atoms with van der Waals surface area (Å²) in [6.45, 7) is 1.99. The number of aliphatic hydroxyl groups excluding tert-OH is 1. The lowest BCUT2D eigenvalue weighted by Gasteiger charge is -2.32. The van der Waals surface area contributed by atoms with E-state index in [0.29, 0.717) is 18.8 Å². The van der Waals surface area contributed by atoms with Crippen LogP contribution in [0.5, 0.6) is 0 Å². The highest BCUT2D eigenvalue weighted by atomic mass is 16.3. The number of anilines is 1. The Labute approximate surface area is 113 Å². The number of amides is 1. The number of nitrogen functional groups attached to an aromatic ring is 1. The number of carbonyl (C=O) groups excluding carboxylic acids is 1. The Kier molecular flexibility index (Phi) is 4.39. The predicted octanol–water partition coefficient (Wildman–Crippen LogP) is 0.499. The Morgan fingerprint density at radius 1 is 1.47 bits per heavy atom. The summed E-state index contributed by atoms with van der Waals surface area (Å²) >= 11 is 0. The number of aliphatic hydroxyl groups is 1. The molecule has 1 aromatic carbocycles. The van der Waals surface area contributed by atoms with Crippen molar-refractivity contribution in [2.75, 3.05) is 25.4 Å². The zero-order valence-electron chi connectivity index (χ0n) is 11.0. The minimum absolute atomic E-state index is 0.103. The third kappa shape index (κ3) is 3.45. The van der Waals surface area contributed by atoms with Gasteiger partial charge in [-0.2, -0.15) is 0 Å². The quantitative estimate of drug-likeness (QED) is 0.690. The van der Waals surface area contributed by atoms with Crippen LogP contribution < -0.4 is 11.5 Å². The van der Waals surface area contributed by atoms with Crippen molar-refractivity contribution in [2.24, 2.45) is 11.7 Å². The molecule has 0 aliphatic carbocycles. The van der Waals surface area contributed by atoms with Gasteiger partial charge in [-0.3, -0.25) is 9.69 Å². The lowest BCUT2D eigenvalue weighted by molar-refractivity contribution is -0.123. The van der Waals surface area contributed by atoms with Crippen molar-refractivity contribution in [2.45, 2.75) is 18.9 Å². The standard InChI is InChI=1S/C14H21N3O2/c15-12-6-2-1-5-11(12)13(18)9-17-7-3-4-10(8-17)14(16)19/h1-2,5-6,10,13,18H,3-4,7-9,15H2,(H2,16,19). The normalized spacial score (nSPS) is 22.1. The molecule has 1 heterocycles. The second kappa shape index (κ2) is 6.04. The second-order valence-electron chi connectivity index (χ2n) is 5.15. The maximum absolute atomic E-state index is 11.2. The first-order chi connectivity index (χ1) is 9.08. The third-order valence-corrected chi connectivity index (χ3v) is 3.69. The van der Waals surface area contributed by atoms with Crippen LogP contribution in [-0.4, -0.2) is 35.5 Å². The molecule has 0 saturated carbocycles. The number of nitrogens with two attached hydrogens (primary N) is 2. The Morgan fingerprint density at radius 2 is 2.21 bits per heavy atom. The van der Waals surface area contributed by atoms with E-state index in [4.69, 9.17) is 11.5 Å². The van der Waals surface area contributed by atoms with Crippen LogP contribution in [0.1, 0.15) is 24.5 Å². The maximum Gasteiger partial charge on any atom is 0.221 e.